The number of aromatic nitrogens is 1. The molecule has 1 aliphatic heterocycles. The number of carbonyl (C=O) groups excluding carboxylic acids is 1. The Hall–Kier alpha value is -2.40. The number of nitrogens with one attached hydrogen (secondary N) is 2. The number of pyridine rings is 1. The van der Waals surface area contributed by atoms with Crippen molar-refractivity contribution in [3.05, 3.63) is 53.9 Å². The maximum absolute atomic E-state index is 12.3. The molecule has 2 heterocycles. The molecule has 2 N–H and O–H groups in total. The first-order valence-electron chi connectivity index (χ1n) is 9.14. The van der Waals surface area contributed by atoms with Crippen molar-refractivity contribution in [3.8, 4) is 0 Å². The van der Waals surface area contributed by atoms with Crippen LogP contribution in [-0.4, -0.2) is 30.1 Å². The first-order valence-corrected chi connectivity index (χ1v) is 9.14. The van der Waals surface area contributed by atoms with Gasteiger partial charge in [-0.2, -0.15) is 0 Å². The second-order valence-electron chi connectivity index (χ2n) is 7.76. The summed E-state index contributed by atoms with van der Waals surface area (Å²) in [5.41, 5.74) is 3.71. The van der Waals surface area contributed by atoms with Gasteiger partial charge < -0.3 is 15.4 Å². The summed E-state index contributed by atoms with van der Waals surface area (Å²) < 4.78 is 5.53. The molecule has 5 nitrogen and oxygen atoms in total. The van der Waals surface area contributed by atoms with Crippen LogP contribution in [0.25, 0.3) is 0 Å². The third-order valence-electron chi connectivity index (χ3n) is 4.55. The van der Waals surface area contributed by atoms with Gasteiger partial charge in [-0.1, -0.05) is 32.9 Å². The first-order chi connectivity index (χ1) is 12.4. The zero-order valence-corrected chi connectivity index (χ0v) is 15.7. The predicted octanol–water partition coefficient (Wildman–Crippen LogP) is 4.03. The van der Waals surface area contributed by atoms with Gasteiger partial charge in [0.2, 0.25) is 0 Å². The monoisotopic (exact) mass is 353 g/mol. The largest absolute Gasteiger partial charge is 0.376 e. The van der Waals surface area contributed by atoms with E-state index in [1.54, 1.807) is 12.4 Å². The highest BCUT2D eigenvalue weighted by atomic mass is 16.5. The van der Waals surface area contributed by atoms with Crippen LogP contribution in [0.5, 0.6) is 0 Å². The van der Waals surface area contributed by atoms with Crippen molar-refractivity contribution < 1.29 is 9.53 Å². The van der Waals surface area contributed by atoms with Crippen molar-refractivity contribution in [2.75, 3.05) is 18.5 Å². The fourth-order valence-electron chi connectivity index (χ4n) is 2.97. The SMILES string of the molecule is CC(C)(C)c1ccc(Nc2cncc(C(=O)NCC3CCCO3)c2)cc1. The summed E-state index contributed by atoms with van der Waals surface area (Å²) in [5, 5.41) is 6.23. The normalized spacial score (nSPS) is 17.1. The van der Waals surface area contributed by atoms with Crippen LogP contribution < -0.4 is 10.6 Å². The van der Waals surface area contributed by atoms with E-state index in [0.29, 0.717) is 12.1 Å². The smallest absolute Gasteiger partial charge is 0.253 e. The van der Waals surface area contributed by atoms with Crippen LogP contribution in [0, 0.1) is 0 Å². The molecule has 1 fully saturated rings. The lowest BCUT2D eigenvalue weighted by Crippen LogP contribution is -2.31. The molecule has 5 heteroatoms. The number of hydrogen-bond acceptors (Lipinski definition) is 4. The Balaban J connectivity index is 1.62. The number of nitrogens with zero attached hydrogens (tertiary/aromatic N) is 1. The van der Waals surface area contributed by atoms with Crippen molar-refractivity contribution in [1.29, 1.82) is 0 Å². The van der Waals surface area contributed by atoms with Crippen LogP contribution in [0.4, 0.5) is 11.4 Å². The molecule has 1 aromatic carbocycles. The molecule has 0 saturated carbocycles. The van der Waals surface area contributed by atoms with Crippen LogP contribution in [0.2, 0.25) is 0 Å². The molecule has 1 aliphatic rings. The molecule has 0 aliphatic carbocycles. The highest BCUT2D eigenvalue weighted by Crippen LogP contribution is 2.25. The molecule has 3 rings (SSSR count). The van der Waals surface area contributed by atoms with E-state index in [-0.39, 0.29) is 17.4 Å². The Morgan fingerprint density at radius 1 is 1.19 bits per heavy atom. The van der Waals surface area contributed by atoms with E-state index in [1.165, 1.54) is 5.56 Å². The third-order valence-corrected chi connectivity index (χ3v) is 4.55. The molecule has 1 amide bonds. The summed E-state index contributed by atoms with van der Waals surface area (Å²) in [6.07, 6.45) is 5.50. The van der Waals surface area contributed by atoms with Gasteiger partial charge in [-0.3, -0.25) is 9.78 Å². The van der Waals surface area contributed by atoms with Gasteiger partial charge in [0, 0.05) is 25.0 Å². The van der Waals surface area contributed by atoms with Crippen LogP contribution in [0.3, 0.4) is 0 Å². The van der Waals surface area contributed by atoms with Gasteiger partial charge in [0.05, 0.1) is 23.6 Å². The second-order valence-corrected chi connectivity index (χ2v) is 7.76. The Morgan fingerprint density at radius 2 is 1.96 bits per heavy atom. The minimum Gasteiger partial charge on any atom is -0.376 e. The minimum atomic E-state index is -0.125. The van der Waals surface area contributed by atoms with Crippen molar-refractivity contribution >= 4 is 17.3 Å². The standard InChI is InChI=1S/C21H27N3O2/c1-21(2,3)16-6-8-17(9-7-16)24-18-11-15(12-22-13-18)20(25)23-14-19-5-4-10-26-19/h6-9,11-13,19,24H,4-5,10,14H2,1-3H3,(H,23,25). The number of benzene rings is 1. The summed E-state index contributed by atoms with van der Waals surface area (Å²) in [4.78, 5) is 16.5. The topological polar surface area (TPSA) is 63.2 Å². The van der Waals surface area contributed by atoms with Crippen molar-refractivity contribution in [2.24, 2.45) is 0 Å². The lowest BCUT2D eigenvalue weighted by Gasteiger charge is -2.19. The second kappa shape index (κ2) is 7.87. The summed E-state index contributed by atoms with van der Waals surface area (Å²) >= 11 is 0. The average Bonchev–Trinajstić information content (AvgIpc) is 3.13. The quantitative estimate of drug-likeness (QED) is 0.852. The molecule has 26 heavy (non-hydrogen) atoms. The van der Waals surface area contributed by atoms with E-state index in [1.807, 2.05) is 18.2 Å². The van der Waals surface area contributed by atoms with Gasteiger partial charge >= 0.3 is 0 Å². The molecule has 1 atom stereocenters. The highest BCUT2D eigenvalue weighted by Gasteiger charge is 2.17. The first kappa shape index (κ1) is 18.4. The van der Waals surface area contributed by atoms with Crippen LogP contribution in [-0.2, 0) is 10.2 Å². The maximum atomic E-state index is 12.3. The lowest BCUT2D eigenvalue weighted by atomic mass is 9.87. The fourth-order valence-corrected chi connectivity index (χ4v) is 2.97. The number of hydrogen-bond donors (Lipinski definition) is 2. The number of rotatable bonds is 5. The van der Waals surface area contributed by atoms with Gasteiger partial charge in [0.15, 0.2) is 0 Å². The molecular weight excluding hydrogens is 326 g/mol. The fraction of sp³-hybridized carbons (Fsp3) is 0.429. The summed E-state index contributed by atoms with van der Waals surface area (Å²) in [6, 6.07) is 10.1. The number of anilines is 2. The van der Waals surface area contributed by atoms with E-state index >= 15 is 0 Å². The van der Waals surface area contributed by atoms with Crippen LogP contribution >= 0.6 is 0 Å². The number of carbonyl (C=O) groups is 1. The van der Waals surface area contributed by atoms with Crippen molar-refractivity contribution in [3.63, 3.8) is 0 Å². The molecule has 1 unspecified atom stereocenters. The summed E-state index contributed by atoms with van der Waals surface area (Å²) in [7, 11) is 0. The van der Waals surface area contributed by atoms with Crippen LogP contribution in [0.1, 0.15) is 49.5 Å². The highest BCUT2D eigenvalue weighted by molar-refractivity contribution is 5.94. The van der Waals surface area contributed by atoms with E-state index in [2.05, 4.69) is 48.5 Å². The molecule has 2 aromatic rings. The van der Waals surface area contributed by atoms with E-state index in [0.717, 1.165) is 30.8 Å². The van der Waals surface area contributed by atoms with E-state index < -0.39 is 0 Å². The van der Waals surface area contributed by atoms with Gasteiger partial charge in [0.1, 0.15) is 0 Å². The van der Waals surface area contributed by atoms with Crippen LogP contribution in [0.15, 0.2) is 42.7 Å². The molecule has 1 aromatic heterocycles. The predicted molar refractivity (Wildman–Crippen MR) is 104 cm³/mol. The lowest BCUT2D eigenvalue weighted by molar-refractivity contribution is 0.0857. The Labute approximate surface area is 155 Å². The van der Waals surface area contributed by atoms with Gasteiger partial charge in [-0.25, -0.2) is 0 Å². The maximum Gasteiger partial charge on any atom is 0.253 e. The minimum absolute atomic E-state index is 0.125. The third kappa shape index (κ3) is 4.82. The zero-order valence-electron chi connectivity index (χ0n) is 15.7. The van der Waals surface area contributed by atoms with Crippen molar-refractivity contribution in [2.45, 2.75) is 45.1 Å². The zero-order chi connectivity index (χ0) is 18.6. The Morgan fingerprint density at radius 3 is 2.62 bits per heavy atom. The van der Waals surface area contributed by atoms with Gasteiger partial charge in [-0.15, -0.1) is 0 Å². The van der Waals surface area contributed by atoms with Gasteiger partial charge in [0.25, 0.3) is 5.91 Å². The molecule has 138 valence electrons. The molecular formula is C21H27N3O2. The van der Waals surface area contributed by atoms with E-state index in [9.17, 15) is 4.79 Å². The number of ether oxygens (including phenoxy) is 1. The molecule has 0 radical (unpaired) electrons. The summed E-state index contributed by atoms with van der Waals surface area (Å²) in [5.74, 6) is -0.125. The van der Waals surface area contributed by atoms with E-state index in [4.69, 9.17) is 4.74 Å². The number of amides is 1. The Kier molecular flexibility index (Phi) is 5.57. The average molecular weight is 353 g/mol. The molecule has 1 saturated heterocycles. The summed E-state index contributed by atoms with van der Waals surface area (Å²) in [6.45, 7) is 7.91. The molecule has 0 spiro atoms. The molecule has 0 bridgehead atoms. The van der Waals surface area contributed by atoms with Gasteiger partial charge in [-0.05, 0) is 42.0 Å². The Bertz CT molecular complexity index is 745. The van der Waals surface area contributed by atoms with Crippen molar-refractivity contribution in [1.82, 2.24) is 10.3 Å².